The van der Waals surface area contributed by atoms with Crippen molar-refractivity contribution in [3.05, 3.63) is 97.2 Å². The monoisotopic (exact) mass is 550 g/mol. The molecule has 4 aromatic rings. The highest BCUT2D eigenvalue weighted by molar-refractivity contribution is 6.46. The first-order valence-corrected chi connectivity index (χ1v) is 11.5. The van der Waals surface area contributed by atoms with Gasteiger partial charge in [0.2, 0.25) is 5.95 Å². The molecule has 0 unspecified atom stereocenters. The number of pyridine rings is 1. The number of alkyl halides is 3. The largest absolute Gasteiger partial charge is 0.457 e. The van der Waals surface area contributed by atoms with Crippen LogP contribution in [0.5, 0.6) is 11.5 Å². The summed E-state index contributed by atoms with van der Waals surface area (Å²) in [5.41, 5.74) is 6.00. The molecule has 0 spiro atoms. The molecule has 2 aromatic carbocycles. The predicted octanol–water partition coefficient (Wildman–Crippen LogP) is 6.12. The first kappa shape index (κ1) is 27.7. The first-order chi connectivity index (χ1) is 19.0. The first-order valence-electron chi connectivity index (χ1n) is 11.5. The molecule has 0 fully saturated rings. The lowest BCUT2D eigenvalue weighted by molar-refractivity contribution is -0.137. The van der Waals surface area contributed by atoms with Gasteiger partial charge >= 0.3 is 6.18 Å². The van der Waals surface area contributed by atoms with Gasteiger partial charge in [0.15, 0.2) is 11.7 Å². The standard InChI is InChI=1S/C27H22F4N8O/c1-4-19(34-5-2)24(32)38-25(33)22-14-17(10-11-35-22)40-16-7-9-23-21(13-16)37-26(39(23)3)36-20-12-15(27(29,30)31)6-8-18(20)28/h4-14H,1-2H2,3H3,(H,36,37)(H3,32,33,38). The number of aromatic nitrogens is 3. The molecule has 13 heteroatoms. The molecule has 40 heavy (non-hydrogen) atoms. The van der Waals surface area contributed by atoms with E-state index in [1.54, 1.807) is 35.9 Å². The molecule has 4 N–H and O–H groups in total. The molecule has 0 saturated heterocycles. The highest BCUT2D eigenvalue weighted by Gasteiger charge is 2.31. The number of nitrogens with two attached hydrogens (primary N) is 1. The Balaban J connectivity index is 1.57. The van der Waals surface area contributed by atoms with Crippen molar-refractivity contribution >= 4 is 40.1 Å². The van der Waals surface area contributed by atoms with Crippen LogP contribution in [0.2, 0.25) is 0 Å². The molecule has 204 valence electrons. The van der Waals surface area contributed by atoms with E-state index in [1.807, 2.05) is 0 Å². The van der Waals surface area contributed by atoms with Crippen molar-refractivity contribution in [3.8, 4) is 11.5 Å². The molecule has 9 nitrogen and oxygen atoms in total. The van der Waals surface area contributed by atoms with E-state index in [1.165, 1.54) is 24.5 Å². The summed E-state index contributed by atoms with van der Waals surface area (Å²) in [7, 11) is 1.63. The Kier molecular flexibility index (Phi) is 7.75. The molecule has 4 rings (SSSR count). The van der Waals surface area contributed by atoms with E-state index < -0.39 is 17.6 Å². The molecular formula is C27H22F4N8O. The van der Waals surface area contributed by atoms with E-state index in [2.05, 4.69) is 38.4 Å². The van der Waals surface area contributed by atoms with E-state index in [0.717, 1.165) is 6.07 Å². The summed E-state index contributed by atoms with van der Waals surface area (Å²) in [6, 6.07) is 10.1. The number of imidazole rings is 1. The van der Waals surface area contributed by atoms with Crippen molar-refractivity contribution in [1.29, 1.82) is 5.41 Å². The molecule has 2 aromatic heterocycles. The molecule has 0 saturated carbocycles. The van der Waals surface area contributed by atoms with E-state index in [0.29, 0.717) is 34.7 Å². The van der Waals surface area contributed by atoms with Crippen molar-refractivity contribution in [2.45, 2.75) is 6.18 Å². The van der Waals surface area contributed by atoms with Crippen molar-refractivity contribution in [2.75, 3.05) is 5.32 Å². The quantitative estimate of drug-likeness (QED) is 0.139. The SMILES string of the molecule is C=CN=C(C=C)C(N)=NC(=N)c1cc(Oc2ccc3c(c2)nc(Nc2cc(C(F)(F)F)ccc2F)n3C)ccn1. The maximum Gasteiger partial charge on any atom is 0.416 e. The lowest BCUT2D eigenvalue weighted by atomic mass is 10.2. The van der Waals surface area contributed by atoms with Gasteiger partial charge < -0.3 is 20.4 Å². The Morgan fingerprint density at radius 1 is 1.12 bits per heavy atom. The zero-order valence-electron chi connectivity index (χ0n) is 21.0. The fourth-order valence-electron chi connectivity index (χ4n) is 3.57. The Labute approximate surface area is 225 Å². The van der Waals surface area contributed by atoms with Crippen LogP contribution >= 0.6 is 0 Å². The number of halogens is 4. The zero-order valence-corrected chi connectivity index (χ0v) is 21.0. The van der Waals surface area contributed by atoms with Crippen LogP contribution in [0.25, 0.3) is 11.0 Å². The topological polar surface area (TPSA) is 127 Å². The summed E-state index contributed by atoms with van der Waals surface area (Å²) < 4.78 is 61.0. The molecule has 0 atom stereocenters. The van der Waals surface area contributed by atoms with Gasteiger partial charge in [-0.2, -0.15) is 13.2 Å². The normalized spacial score (nSPS) is 12.3. The second-order valence-corrected chi connectivity index (χ2v) is 8.19. The third-order valence-electron chi connectivity index (χ3n) is 5.52. The number of nitrogens with one attached hydrogen (secondary N) is 2. The third kappa shape index (κ3) is 6.04. The summed E-state index contributed by atoms with van der Waals surface area (Å²) in [5.74, 6) is -0.294. The average Bonchev–Trinajstić information content (AvgIpc) is 3.22. The van der Waals surface area contributed by atoms with Crippen LogP contribution < -0.4 is 15.8 Å². The van der Waals surface area contributed by atoms with Gasteiger partial charge in [-0.05, 0) is 42.5 Å². The summed E-state index contributed by atoms with van der Waals surface area (Å²) in [5, 5.41) is 10.8. The second kappa shape index (κ2) is 11.2. The van der Waals surface area contributed by atoms with Crippen molar-refractivity contribution in [2.24, 2.45) is 22.8 Å². The number of fused-ring (bicyclic) bond motifs is 1. The number of hydrogen-bond donors (Lipinski definition) is 3. The lowest BCUT2D eigenvalue weighted by Crippen LogP contribution is -2.23. The number of ether oxygens (including phenoxy) is 1. The Morgan fingerprint density at radius 2 is 1.88 bits per heavy atom. The van der Waals surface area contributed by atoms with E-state index in [4.69, 9.17) is 15.9 Å². The highest BCUT2D eigenvalue weighted by atomic mass is 19.4. The zero-order chi connectivity index (χ0) is 29.0. The third-order valence-corrected chi connectivity index (χ3v) is 5.52. The van der Waals surface area contributed by atoms with Gasteiger partial charge in [0.05, 0.1) is 22.3 Å². The van der Waals surface area contributed by atoms with Crippen LogP contribution in [0.15, 0.2) is 90.1 Å². The number of hydrogen-bond acceptors (Lipinski definition) is 6. The molecule has 0 radical (unpaired) electrons. The number of aliphatic imine (C=N–C) groups is 2. The van der Waals surface area contributed by atoms with Crippen LogP contribution in [0.1, 0.15) is 11.3 Å². The number of rotatable bonds is 8. The van der Waals surface area contributed by atoms with Gasteiger partial charge in [-0.3, -0.25) is 15.4 Å². The average molecular weight is 551 g/mol. The van der Waals surface area contributed by atoms with Crippen LogP contribution in [0.3, 0.4) is 0 Å². The fourth-order valence-corrected chi connectivity index (χ4v) is 3.57. The molecule has 0 aliphatic heterocycles. The lowest BCUT2D eigenvalue weighted by Gasteiger charge is -2.11. The minimum atomic E-state index is -4.62. The van der Waals surface area contributed by atoms with Gasteiger partial charge in [0, 0.05) is 31.6 Å². The van der Waals surface area contributed by atoms with Crippen molar-refractivity contribution in [1.82, 2.24) is 14.5 Å². The maximum atomic E-state index is 14.3. The summed E-state index contributed by atoms with van der Waals surface area (Å²) >= 11 is 0. The van der Waals surface area contributed by atoms with E-state index in [9.17, 15) is 17.6 Å². The minimum Gasteiger partial charge on any atom is -0.457 e. The molecule has 0 bridgehead atoms. The fraction of sp³-hybridized carbons (Fsp3) is 0.0741. The van der Waals surface area contributed by atoms with E-state index >= 15 is 0 Å². The maximum absolute atomic E-state index is 14.3. The van der Waals surface area contributed by atoms with Crippen LogP contribution in [-0.2, 0) is 13.2 Å². The number of benzene rings is 2. The van der Waals surface area contributed by atoms with Gasteiger partial charge in [0.1, 0.15) is 28.7 Å². The number of nitrogens with zero attached hydrogens (tertiary/aromatic N) is 5. The van der Waals surface area contributed by atoms with Crippen molar-refractivity contribution < 1.29 is 22.3 Å². The summed E-state index contributed by atoms with van der Waals surface area (Å²) in [6.07, 6.45) is -0.536. The summed E-state index contributed by atoms with van der Waals surface area (Å²) in [6.45, 7) is 7.08. The minimum absolute atomic E-state index is 0.0388. The van der Waals surface area contributed by atoms with Gasteiger partial charge in [-0.1, -0.05) is 13.2 Å². The molecule has 0 aliphatic rings. The summed E-state index contributed by atoms with van der Waals surface area (Å²) in [4.78, 5) is 16.4. The number of aryl methyl sites for hydroxylation is 1. The molecule has 0 amide bonds. The molecular weight excluding hydrogens is 528 g/mol. The second-order valence-electron chi connectivity index (χ2n) is 8.19. The molecule has 2 heterocycles. The highest BCUT2D eigenvalue weighted by Crippen LogP contribution is 2.33. The van der Waals surface area contributed by atoms with Crippen molar-refractivity contribution in [3.63, 3.8) is 0 Å². The predicted molar refractivity (Wildman–Crippen MR) is 146 cm³/mol. The van der Waals surface area contributed by atoms with E-state index in [-0.39, 0.29) is 34.7 Å². The Hall–Kier alpha value is -5.33. The van der Waals surface area contributed by atoms with Gasteiger partial charge in [0.25, 0.3) is 0 Å². The molecule has 0 aliphatic carbocycles. The van der Waals surface area contributed by atoms with Gasteiger partial charge in [-0.15, -0.1) is 0 Å². The number of anilines is 2. The smallest absolute Gasteiger partial charge is 0.416 e. The Morgan fingerprint density at radius 3 is 2.58 bits per heavy atom. The van der Waals surface area contributed by atoms with Crippen LogP contribution in [0.4, 0.5) is 29.2 Å². The van der Waals surface area contributed by atoms with Crippen LogP contribution in [0, 0.1) is 11.2 Å². The number of amidine groups is 2. The van der Waals surface area contributed by atoms with Gasteiger partial charge in [-0.25, -0.2) is 14.4 Å². The van der Waals surface area contributed by atoms with Crippen LogP contribution in [-0.4, -0.2) is 31.9 Å². The Bertz CT molecular complexity index is 1690.